The number of likely N-dealkylation sites (tertiary alicyclic amines) is 2. The van der Waals surface area contributed by atoms with Crippen LogP contribution >= 0.6 is 11.6 Å². The van der Waals surface area contributed by atoms with Gasteiger partial charge >= 0.3 is 12.1 Å². The minimum Gasteiger partial charge on any atom is -0.489 e. The summed E-state index contributed by atoms with van der Waals surface area (Å²) in [4.78, 5) is 26.3. The lowest BCUT2D eigenvalue weighted by atomic mass is 9.71. The van der Waals surface area contributed by atoms with Gasteiger partial charge in [-0.3, -0.25) is 9.69 Å². The van der Waals surface area contributed by atoms with Crippen molar-refractivity contribution in [3.05, 3.63) is 101 Å². The topological polar surface area (TPSA) is 70.1 Å². The van der Waals surface area contributed by atoms with E-state index in [0.717, 1.165) is 56.9 Å². The lowest BCUT2D eigenvalue weighted by molar-refractivity contribution is -0.192. The third kappa shape index (κ3) is 8.72. The number of hydrogen-bond donors (Lipinski definition) is 1. The predicted molar refractivity (Wildman–Crippen MR) is 154 cm³/mol. The van der Waals surface area contributed by atoms with E-state index in [1.807, 2.05) is 41.3 Å². The third-order valence-corrected chi connectivity index (χ3v) is 8.22. The molecule has 0 saturated carbocycles. The maximum atomic E-state index is 12.9. The Morgan fingerprint density at radius 1 is 0.833 bits per heavy atom. The van der Waals surface area contributed by atoms with E-state index in [1.54, 1.807) is 12.1 Å². The van der Waals surface area contributed by atoms with Crippen molar-refractivity contribution in [2.75, 3.05) is 26.2 Å². The Hall–Kier alpha value is -3.56. The van der Waals surface area contributed by atoms with Crippen molar-refractivity contribution in [2.24, 2.45) is 5.41 Å². The maximum Gasteiger partial charge on any atom is 0.490 e. The zero-order chi connectivity index (χ0) is 30.2. The number of halogens is 4. The fourth-order valence-electron chi connectivity index (χ4n) is 5.40. The van der Waals surface area contributed by atoms with Crippen LogP contribution in [0.5, 0.6) is 5.75 Å². The summed E-state index contributed by atoms with van der Waals surface area (Å²) < 4.78 is 37.9. The van der Waals surface area contributed by atoms with Gasteiger partial charge in [0.05, 0.1) is 0 Å². The number of nitrogens with zero attached hydrogens (tertiary/aromatic N) is 2. The zero-order valence-electron chi connectivity index (χ0n) is 23.2. The minimum atomic E-state index is -5.08. The largest absolute Gasteiger partial charge is 0.490 e. The molecule has 0 aliphatic carbocycles. The smallest absolute Gasteiger partial charge is 0.489 e. The lowest BCUT2D eigenvalue weighted by Gasteiger charge is -2.47. The van der Waals surface area contributed by atoms with Crippen LogP contribution in [0, 0.1) is 5.41 Å². The summed E-state index contributed by atoms with van der Waals surface area (Å²) in [5.74, 6) is -1.65. The molecule has 1 spiro atoms. The van der Waals surface area contributed by atoms with Crippen molar-refractivity contribution >= 4 is 23.5 Å². The summed E-state index contributed by atoms with van der Waals surface area (Å²) in [6.07, 6.45) is -0.500. The minimum absolute atomic E-state index is 0.126. The van der Waals surface area contributed by atoms with Gasteiger partial charge in [-0.1, -0.05) is 60.1 Å². The van der Waals surface area contributed by atoms with E-state index >= 15 is 0 Å². The molecule has 2 saturated heterocycles. The molecule has 2 heterocycles. The second-order valence-electron chi connectivity index (χ2n) is 10.8. The van der Waals surface area contributed by atoms with Crippen LogP contribution < -0.4 is 4.74 Å². The lowest BCUT2D eigenvalue weighted by Crippen LogP contribution is -2.48. The molecule has 224 valence electrons. The van der Waals surface area contributed by atoms with Gasteiger partial charge in [0.15, 0.2) is 0 Å². The number of alkyl halides is 3. The Labute approximate surface area is 248 Å². The van der Waals surface area contributed by atoms with E-state index in [9.17, 15) is 18.0 Å². The molecule has 0 atom stereocenters. The number of benzene rings is 3. The molecule has 10 heteroatoms. The number of hydrogen-bond acceptors (Lipinski definition) is 4. The number of piperidine rings is 2. The molecule has 0 bridgehead atoms. The maximum absolute atomic E-state index is 12.9. The van der Waals surface area contributed by atoms with Gasteiger partial charge in [0, 0.05) is 35.8 Å². The third-order valence-electron chi connectivity index (χ3n) is 7.97. The van der Waals surface area contributed by atoms with Crippen molar-refractivity contribution in [3.8, 4) is 5.75 Å². The van der Waals surface area contributed by atoms with Crippen LogP contribution in [0.1, 0.15) is 47.2 Å². The molecule has 0 aromatic heterocycles. The van der Waals surface area contributed by atoms with Crippen LogP contribution in [0.25, 0.3) is 0 Å². The Bertz CT molecular complexity index is 1320. The van der Waals surface area contributed by atoms with Crippen molar-refractivity contribution in [1.82, 2.24) is 9.80 Å². The van der Waals surface area contributed by atoms with Gasteiger partial charge in [-0.25, -0.2) is 4.79 Å². The normalized spacial score (nSPS) is 16.8. The number of carboxylic acid groups (broad SMARTS) is 1. The summed E-state index contributed by atoms with van der Waals surface area (Å²) in [6.45, 7) is 5.39. The van der Waals surface area contributed by atoms with E-state index < -0.39 is 12.1 Å². The average Bonchev–Trinajstić information content (AvgIpc) is 2.99. The molecular weight excluding hydrogens is 569 g/mol. The first-order valence-electron chi connectivity index (χ1n) is 13.9. The summed E-state index contributed by atoms with van der Waals surface area (Å²) in [7, 11) is 0. The van der Waals surface area contributed by atoms with Gasteiger partial charge in [0.25, 0.3) is 5.91 Å². The highest BCUT2D eigenvalue weighted by Crippen LogP contribution is 2.42. The number of carbonyl (C=O) groups excluding carboxylic acids is 1. The highest BCUT2D eigenvalue weighted by molar-refractivity contribution is 6.30. The first-order valence-corrected chi connectivity index (χ1v) is 14.2. The Morgan fingerprint density at radius 3 is 1.98 bits per heavy atom. The van der Waals surface area contributed by atoms with E-state index in [1.165, 1.54) is 24.0 Å². The Balaban J connectivity index is 0.000000517. The quantitative estimate of drug-likeness (QED) is 0.327. The highest BCUT2D eigenvalue weighted by atomic mass is 35.5. The molecule has 1 N–H and O–H groups in total. The van der Waals surface area contributed by atoms with Gasteiger partial charge in [0.1, 0.15) is 12.4 Å². The molecule has 3 aromatic rings. The highest BCUT2D eigenvalue weighted by Gasteiger charge is 2.39. The van der Waals surface area contributed by atoms with E-state index in [-0.39, 0.29) is 5.91 Å². The molecular formula is C32H34ClF3N2O4. The molecule has 2 fully saturated rings. The molecule has 0 radical (unpaired) electrons. The number of amides is 1. The fraction of sp³-hybridized carbons (Fsp3) is 0.375. The van der Waals surface area contributed by atoms with Crippen LogP contribution in [0.4, 0.5) is 13.2 Å². The molecule has 0 unspecified atom stereocenters. The molecule has 2 aliphatic heterocycles. The number of carbonyl (C=O) groups is 2. The van der Waals surface area contributed by atoms with Crippen LogP contribution in [0.3, 0.4) is 0 Å². The van der Waals surface area contributed by atoms with Gasteiger partial charge in [0.2, 0.25) is 0 Å². The van der Waals surface area contributed by atoms with E-state index in [2.05, 4.69) is 35.2 Å². The first-order chi connectivity index (χ1) is 20.0. The van der Waals surface area contributed by atoms with Gasteiger partial charge < -0.3 is 14.7 Å². The second-order valence-corrected chi connectivity index (χ2v) is 11.2. The van der Waals surface area contributed by atoms with Crippen LogP contribution in [-0.4, -0.2) is 59.1 Å². The molecule has 3 aromatic carbocycles. The van der Waals surface area contributed by atoms with E-state index in [4.69, 9.17) is 26.2 Å². The number of ether oxygens (including phenoxy) is 1. The van der Waals surface area contributed by atoms with Crippen molar-refractivity contribution in [3.63, 3.8) is 0 Å². The fourth-order valence-corrected chi connectivity index (χ4v) is 5.52. The number of para-hydroxylation sites is 1. The monoisotopic (exact) mass is 602 g/mol. The van der Waals surface area contributed by atoms with Crippen LogP contribution in [-0.2, 0) is 17.9 Å². The molecule has 2 aliphatic rings. The molecule has 5 rings (SSSR count). The molecule has 6 nitrogen and oxygen atoms in total. The zero-order valence-corrected chi connectivity index (χ0v) is 23.9. The van der Waals surface area contributed by atoms with Crippen LogP contribution in [0.2, 0.25) is 5.02 Å². The van der Waals surface area contributed by atoms with E-state index in [0.29, 0.717) is 17.0 Å². The Kier molecular flexibility index (Phi) is 10.5. The van der Waals surface area contributed by atoms with Gasteiger partial charge in [-0.05, 0) is 80.1 Å². The summed E-state index contributed by atoms with van der Waals surface area (Å²) in [5.41, 5.74) is 3.54. The second kappa shape index (κ2) is 14.1. The predicted octanol–water partition coefficient (Wildman–Crippen LogP) is 7.07. The van der Waals surface area contributed by atoms with Crippen LogP contribution in [0.15, 0.2) is 78.9 Å². The standard InChI is InChI=1S/C30H33ClN2O2.C2HF3O2/c31-27-12-10-25(11-13-27)29(34)33-20-16-30(17-21-33)14-18-32(19-15-30)22-26-8-4-5-9-28(26)35-23-24-6-2-1-3-7-24;3-2(4,5)1(6)7/h1-13H,14-23H2;(H,6,7). The summed E-state index contributed by atoms with van der Waals surface area (Å²) >= 11 is 5.98. The summed E-state index contributed by atoms with van der Waals surface area (Å²) in [5, 5.41) is 7.79. The van der Waals surface area contributed by atoms with Gasteiger partial charge in [-0.2, -0.15) is 13.2 Å². The molecule has 42 heavy (non-hydrogen) atoms. The number of aliphatic carboxylic acids is 1. The van der Waals surface area contributed by atoms with Crippen molar-refractivity contribution < 1.29 is 32.6 Å². The Morgan fingerprint density at radius 2 is 1.38 bits per heavy atom. The first kappa shape index (κ1) is 31.4. The van der Waals surface area contributed by atoms with Crippen molar-refractivity contribution in [1.29, 1.82) is 0 Å². The number of carboxylic acids is 1. The van der Waals surface area contributed by atoms with Gasteiger partial charge in [-0.15, -0.1) is 0 Å². The molecule has 1 amide bonds. The van der Waals surface area contributed by atoms with Crippen molar-refractivity contribution in [2.45, 2.75) is 45.0 Å². The SMILES string of the molecule is O=C(O)C(F)(F)F.O=C(c1ccc(Cl)cc1)N1CCC2(CCN(Cc3ccccc3OCc3ccccc3)CC2)CC1. The average molecular weight is 603 g/mol. The summed E-state index contributed by atoms with van der Waals surface area (Å²) in [6, 6.07) is 26.0. The number of rotatable bonds is 6.